The summed E-state index contributed by atoms with van der Waals surface area (Å²) in [6, 6.07) is 60.0. The molecule has 0 bridgehead atoms. The second-order valence-corrected chi connectivity index (χ2v) is 22.5. The van der Waals surface area contributed by atoms with E-state index in [1.807, 2.05) is 0 Å². The molecule has 0 aromatic heterocycles. The van der Waals surface area contributed by atoms with Crippen LogP contribution in [-0.2, 0) is 11.8 Å². The molecule has 1 heteroatoms. The minimum absolute atomic E-state index is 0.298. The highest BCUT2D eigenvalue weighted by Gasteiger charge is 2.51. The molecule has 0 nitrogen and oxygen atoms in total. The van der Waals surface area contributed by atoms with Gasteiger partial charge in [-0.2, -0.15) is 0 Å². The first-order valence-corrected chi connectivity index (χ1v) is 28.5. The average Bonchev–Trinajstić information content (AvgIpc) is 4.12. The minimum atomic E-state index is -0.428. The monoisotopic (exact) mass is 989 g/mol. The Bertz CT molecular complexity index is 3630. The van der Waals surface area contributed by atoms with Crippen molar-refractivity contribution < 1.29 is 0 Å². The van der Waals surface area contributed by atoms with Crippen LogP contribution in [0.15, 0.2) is 241 Å². The molecule has 0 amide bonds. The van der Waals surface area contributed by atoms with Crippen LogP contribution in [0.3, 0.4) is 0 Å². The van der Waals surface area contributed by atoms with Crippen molar-refractivity contribution in [3.63, 3.8) is 0 Å². The van der Waals surface area contributed by atoms with E-state index in [2.05, 4.69) is 249 Å². The van der Waals surface area contributed by atoms with Crippen LogP contribution in [0.5, 0.6) is 0 Å². The van der Waals surface area contributed by atoms with Gasteiger partial charge in [-0.25, -0.2) is 0 Å². The summed E-state index contributed by atoms with van der Waals surface area (Å²) < 4.78 is 0. The second kappa shape index (κ2) is 20.7. The van der Waals surface area contributed by atoms with Gasteiger partial charge in [0.15, 0.2) is 0 Å². The maximum absolute atomic E-state index is 4.88. The molecule has 2 unspecified atom stereocenters. The van der Waals surface area contributed by atoms with Crippen LogP contribution in [0.2, 0.25) is 0 Å². The van der Waals surface area contributed by atoms with E-state index in [1.165, 1.54) is 122 Å². The van der Waals surface area contributed by atoms with Gasteiger partial charge in [0.25, 0.3) is 0 Å². The van der Waals surface area contributed by atoms with Gasteiger partial charge in [0.1, 0.15) is 0 Å². The summed E-state index contributed by atoms with van der Waals surface area (Å²) >= 11 is 0. The fraction of sp³-hybridized carbons (Fsp3) is 0.189. The van der Waals surface area contributed by atoms with Crippen LogP contribution in [0.1, 0.15) is 140 Å². The van der Waals surface area contributed by atoms with Crippen molar-refractivity contribution in [2.24, 2.45) is 0 Å². The van der Waals surface area contributed by atoms with Crippen molar-refractivity contribution in [1.82, 2.24) is 0 Å². The zero-order chi connectivity index (χ0) is 52.0. The molecule has 0 radical (unpaired) electrons. The zero-order valence-corrected chi connectivity index (χ0v) is 45.9. The lowest BCUT2D eigenvalue weighted by Gasteiger charge is -2.42. The Morgan fingerprint density at radius 1 is 0.627 bits per heavy atom. The summed E-state index contributed by atoms with van der Waals surface area (Å²) in [5, 5.41) is 1.33. The van der Waals surface area contributed by atoms with Crippen molar-refractivity contribution in [1.29, 1.82) is 0 Å². The van der Waals surface area contributed by atoms with E-state index in [0.717, 1.165) is 42.1 Å². The summed E-state index contributed by atoms with van der Waals surface area (Å²) in [6.45, 7) is 25.4. The van der Waals surface area contributed by atoms with Gasteiger partial charge in [-0.3, -0.25) is 0 Å². The highest BCUT2D eigenvalue weighted by molar-refractivity contribution is 7.50. The third-order valence-corrected chi connectivity index (χ3v) is 18.2. The largest absolute Gasteiger partial charge is 0.0912 e. The smallest absolute Gasteiger partial charge is 0.0719 e. The standard InChI is InChI=1S/C74H69P/c1-10-13-26-56-45-67(49(6)48(56)5)63(25-12-3)57-42-53(43-58(44-57)64-33-23-32-62-50(7)59(24-11-2)52(9)73(62)64)39-40-75-72(54-27-15-14-16-28-54)41-47(4)55-37-38-66-65-31-19-22-36-70(65)74(71(66)46-55)68-34-20-17-29-60(68)51(8)61-30-18-21-35-69(61)74/h11-38,41-44,46,51-52,75H,4,6,10,39-40,45H2,1-3,5,7-9H3/b24-11-,25-12-,26-13-,67-63+,72-41-. The average molecular weight is 989 g/mol. The van der Waals surface area contributed by atoms with Crippen molar-refractivity contribution in [3.8, 4) is 22.3 Å². The van der Waals surface area contributed by atoms with E-state index < -0.39 is 5.41 Å². The lowest BCUT2D eigenvalue weighted by Crippen LogP contribution is -2.35. The van der Waals surface area contributed by atoms with Gasteiger partial charge in [-0.1, -0.05) is 225 Å². The Balaban J connectivity index is 0.977. The summed E-state index contributed by atoms with van der Waals surface area (Å²) in [5.41, 5.74) is 31.2. The lowest BCUT2D eigenvalue weighted by molar-refractivity contribution is 0.685. The molecule has 370 valence electrons. The SMILES string of the molecule is C=C1C(C)=C(/C=C\CC)C/C1=C(/C=C\C)c1cc(CCP/C(=C\C(=C)c2ccc3c(c2)C2(c4ccccc4-3)c3ccccc3C(C)c3ccccc32)c2ccccc2)cc(-c2cccc3c2C(C)C(/C=C\C)=C3C)c1. The number of fused-ring (bicyclic) bond motifs is 10. The van der Waals surface area contributed by atoms with Gasteiger partial charge >= 0.3 is 0 Å². The van der Waals surface area contributed by atoms with Crippen LogP contribution in [0, 0.1) is 0 Å². The number of rotatable bonds is 13. The van der Waals surface area contributed by atoms with Crippen molar-refractivity contribution in [2.75, 3.05) is 6.16 Å². The van der Waals surface area contributed by atoms with Crippen LogP contribution >= 0.6 is 8.58 Å². The molecule has 0 heterocycles. The number of aryl methyl sites for hydroxylation is 1. The molecule has 0 fully saturated rings. The Morgan fingerprint density at radius 2 is 1.29 bits per heavy atom. The van der Waals surface area contributed by atoms with Gasteiger partial charge in [-0.05, 0) is 210 Å². The Labute approximate surface area is 449 Å². The van der Waals surface area contributed by atoms with Gasteiger partial charge in [-0.15, -0.1) is 0 Å². The fourth-order valence-electron chi connectivity index (χ4n) is 13.2. The van der Waals surface area contributed by atoms with E-state index in [-0.39, 0.29) is 0 Å². The first kappa shape index (κ1) is 49.8. The van der Waals surface area contributed by atoms with Crippen molar-refractivity contribution in [3.05, 3.63) is 308 Å². The third kappa shape index (κ3) is 8.53. The van der Waals surface area contributed by atoms with Gasteiger partial charge < -0.3 is 0 Å². The highest BCUT2D eigenvalue weighted by Crippen LogP contribution is 2.61. The first-order valence-electron chi connectivity index (χ1n) is 27.3. The number of hydrogen-bond acceptors (Lipinski definition) is 0. The predicted molar refractivity (Wildman–Crippen MR) is 327 cm³/mol. The van der Waals surface area contributed by atoms with Crippen molar-refractivity contribution >= 4 is 30.6 Å². The molecule has 75 heavy (non-hydrogen) atoms. The summed E-state index contributed by atoms with van der Waals surface area (Å²) in [5.74, 6) is 0.603. The Kier molecular flexibility index (Phi) is 13.8. The van der Waals surface area contributed by atoms with E-state index in [1.54, 1.807) is 0 Å². The molecule has 7 aromatic carbocycles. The maximum Gasteiger partial charge on any atom is 0.0719 e. The molecule has 4 aliphatic rings. The summed E-state index contributed by atoms with van der Waals surface area (Å²) in [6.07, 6.45) is 19.9. The van der Waals surface area contributed by atoms with E-state index >= 15 is 0 Å². The second-order valence-electron chi connectivity index (χ2n) is 21.1. The maximum atomic E-state index is 4.88. The number of benzene rings is 7. The van der Waals surface area contributed by atoms with E-state index in [4.69, 9.17) is 13.2 Å². The molecule has 1 spiro atoms. The quantitative estimate of drug-likeness (QED) is 0.0798. The molecule has 7 aromatic rings. The van der Waals surface area contributed by atoms with Crippen LogP contribution in [0.25, 0.3) is 44.3 Å². The fourth-order valence-corrected chi connectivity index (χ4v) is 14.5. The molecule has 11 rings (SSSR count). The zero-order valence-electron chi connectivity index (χ0n) is 44.9. The predicted octanol–water partition coefficient (Wildman–Crippen LogP) is 20.2. The molecule has 0 N–H and O–H groups in total. The number of hydrogen-bond donors (Lipinski definition) is 0. The Morgan fingerprint density at radius 3 is 2.01 bits per heavy atom. The molecule has 4 aliphatic carbocycles. The molecular weight excluding hydrogens is 920 g/mol. The first-order chi connectivity index (χ1) is 36.6. The van der Waals surface area contributed by atoms with Crippen LogP contribution in [0.4, 0.5) is 0 Å². The van der Waals surface area contributed by atoms with Crippen LogP contribution in [-0.4, -0.2) is 6.16 Å². The summed E-state index contributed by atoms with van der Waals surface area (Å²) in [7, 11) is 0.567. The topological polar surface area (TPSA) is 0 Å². The molecule has 2 atom stereocenters. The van der Waals surface area contributed by atoms with E-state index in [9.17, 15) is 0 Å². The normalized spacial score (nSPS) is 19.6. The van der Waals surface area contributed by atoms with Crippen LogP contribution < -0.4 is 0 Å². The molecule has 0 saturated heterocycles. The van der Waals surface area contributed by atoms with E-state index in [0.29, 0.717) is 20.4 Å². The highest BCUT2D eigenvalue weighted by atomic mass is 31.1. The molecule has 0 saturated carbocycles. The lowest BCUT2D eigenvalue weighted by atomic mass is 9.59. The summed E-state index contributed by atoms with van der Waals surface area (Å²) in [4.78, 5) is 0. The molecular formula is C74H69P. The molecule has 0 aliphatic heterocycles. The van der Waals surface area contributed by atoms with Gasteiger partial charge in [0, 0.05) is 11.8 Å². The minimum Gasteiger partial charge on any atom is -0.0912 e. The van der Waals surface area contributed by atoms with Gasteiger partial charge in [0.2, 0.25) is 0 Å². The van der Waals surface area contributed by atoms with Crippen molar-refractivity contribution in [2.45, 2.75) is 85.0 Å². The number of allylic oxidation sites excluding steroid dienone is 15. The Hall–Kier alpha value is -7.37. The third-order valence-electron chi connectivity index (χ3n) is 16.9. The van der Waals surface area contributed by atoms with Gasteiger partial charge in [0.05, 0.1) is 5.41 Å².